The normalized spacial score (nSPS) is 11.6. The molecule has 0 aromatic carbocycles. The number of pyridine rings is 1. The summed E-state index contributed by atoms with van der Waals surface area (Å²) in [7, 11) is 1.61. The standard InChI is InChI=1S/C14H19N3O/c1-10-8-12(14(2,3)4)16-17(10)11-6-7-13(18-5)15-9-11/h6-9H,1-5H3. The lowest BCUT2D eigenvalue weighted by molar-refractivity contribution is 0.397. The topological polar surface area (TPSA) is 39.9 Å². The van der Waals surface area contributed by atoms with Crippen molar-refractivity contribution in [1.29, 1.82) is 0 Å². The summed E-state index contributed by atoms with van der Waals surface area (Å²) >= 11 is 0. The molecule has 0 unspecified atom stereocenters. The molecule has 0 N–H and O–H groups in total. The second kappa shape index (κ2) is 4.44. The minimum atomic E-state index is 0.0515. The lowest BCUT2D eigenvalue weighted by Gasteiger charge is -2.14. The van der Waals surface area contributed by atoms with Crippen molar-refractivity contribution in [2.45, 2.75) is 33.1 Å². The maximum absolute atomic E-state index is 5.05. The van der Waals surface area contributed by atoms with Crippen LogP contribution in [0, 0.1) is 6.92 Å². The number of nitrogens with zero attached hydrogens (tertiary/aromatic N) is 3. The quantitative estimate of drug-likeness (QED) is 0.816. The van der Waals surface area contributed by atoms with Gasteiger partial charge in [0.1, 0.15) is 0 Å². The Balaban J connectivity index is 2.41. The van der Waals surface area contributed by atoms with E-state index in [0.717, 1.165) is 17.1 Å². The van der Waals surface area contributed by atoms with Crippen molar-refractivity contribution < 1.29 is 4.74 Å². The molecule has 0 saturated carbocycles. The van der Waals surface area contributed by atoms with Crippen LogP contribution in [0.5, 0.6) is 5.88 Å². The van der Waals surface area contributed by atoms with E-state index in [2.05, 4.69) is 36.9 Å². The Bertz CT molecular complexity index is 535. The molecule has 18 heavy (non-hydrogen) atoms. The smallest absolute Gasteiger partial charge is 0.213 e. The van der Waals surface area contributed by atoms with E-state index in [-0.39, 0.29) is 5.41 Å². The van der Waals surface area contributed by atoms with Gasteiger partial charge in [-0.05, 0) is 19.1 Å². The Morgan fingerprint density at radius 3 is 2.39 bits per heavy atom. The van der Waals surface area contributed by atoms with Crippen LogP contribution in [0.4, 0.5) is 0 Å². The van der Waals surface area contributed by atoms with E-state index in [9.17, 15) is 0 Å². The second-order valence-corrected chi connectivity index (χ2v) is 5.39. The molecule has 0 fully saturated rings. The largest absolute Gasteiger partial charge is 0.481 e. The van der Waals surface area contributed by atoms with Gasteiger partial charge in [0.05, 0.1) is 24.7 Å². The molecular weight excluding hydrogens is 226 g/mol. The highest BCUT2D eigenvalue weighted by Crippen LogP contribution is 2.23. The zero-order valence-electron chi connectivity index (χ0n) is 11.6. The predicted octanol–water partition coefficient (Wildman–Crippen LogP) is 2.88. The highest BCUT2D eigenvalue weighted by atomic mass is 16.5. The van der Waals surface area contributed by atoms with Gasteiger partial charge in [-0.3, -0.25) is 0 Å². The monoisotopic (exact) mass is 245 g/mol. The fourth-order valence-corrected chi connectivity index (χ4v) is 1.72. The number of methoxy groups -OCH3 is 1. The number of rotatable bonds is 2. The highest BCUT2D eigenvalue weighted by Gasteiger charge is 2.19. The van der Waals surface area contributed by atoms with E-state index < -0.39 is 0 Å². The Labute approximate surface area is 108 Å². The average molecular weight is 245 g/mol. The molecule has 2 rings (SSSR count). The minimum Gasteiger partial charge on any atom is -0.481 e. The first-order valence-corrected chi connectivity index (χ1v) is 5.99. The number of hydrogen-bond donors (Lipinski definition) is 0. The molecule has 4 nitrogen and oxygen atoms in total. The molecule has 0 aliphatic heterocycles. The third kappa shape index (κ3) is 2.37. The van der Waals surface area contributed by atoms with Crippen LogP contribution < -0.4 is 4.74 Å². The van der Waals surface area contributed by atoms with Crippen LogP contribution in [0.1, 0.15) is 32.2 Å². The van der Waals surface area contributed by atoms with Gasteiger partial charge in [-0.15, -0.1) is 0 Å². The Morgan fingerprint density at radius 1 is 1.22 bits per heavy atom. The van der Waals surface area contributed by atoms with E-state index in [0.29, 0.717) is 5.88 Å². The van der Waals surface area contributed by atoms with E-state index in [1.807, 2.05) is 23.7 Å². The first-order chi connectivity index (χ1) is 8.41. The summed E-state index contributed by atoms with van der Waals surface area (Å²) < 4.78 is 6.96. The average Bonchev–Trinajstić information content (AvgIpc) is 2.71. The first-order valence-electron chi connectivity index (χ1n) is 5.99. The number of hydrogen-bond acceptors (Lipinski definition) is 3. The molecule has 0 amide bonds. The van der Waals surface area contributed by atoms with E-state index in [1.54, 1.807) is 13.3 Å². The number of ether oxygens (including phenoxy) is 1. The summed E-state index contributed by atoms with van der Waals surface area (Å²) in [5.41, 5.74) is 3.18. The van der Waals surface area contributed by atoms with Crippen molar-refractivity contribution in [3.63, 3.8) is 0 Å². The van der Waals surface area contributed by atoms with Crippen molar-refractivity contribution in [1.82, 2.24) is 14.8 Å². The fourth-order valence-electron chi connectivity index (χ4n) is 1.72. The second-order valence-electron chi connectivity index (χ2n) is 5.39. The lowest BCUT2D eigenvalue weighted by Crippen LogP contribution is -2.12. The highest BCUT2D eigenvalue weighted by molar-refractivity contribution is 5.34. The Hall–Kier alpha value is -1.84. The van der Waals surface area contributed by atoms with Crippen LogP contribution in [0.15, 0.2) is 24.4 Å². The SMILES string of the molecule is COc1ccc(-n2nc(C(C)(C)C)cc2C)cn1. The van der Waals surface area contributed by atoms with Gasteiger partial charge in [0, 0.05) is 17.2 Å². The fraction of sp³-hybridized carbons (Fsp3) is 0.429. The van der Waals surface area contributed by atoms with E-state index in [1.165, 1.54) is 0 Å². The minimum absolute atomic E-state index is 0.0515. The third-order valence-corrected chi connectivity index (χ3v) is 2.83. The van der Waals surface area contributed by atoms with Crippen molar-refractivity contribution in [3.8, 4) is 11.6 Å². The van der Waals surface area contributed by atoms with Crippen LogP contribution in [0.3, 0.4) is 0 Å². The van der Waals surface area contributed by atoms with Crippen molar-refractivity contribution in [2.24, 2.45) is 0 Å². The van der Waals surface area contributed by atoms with Crippen molar-refractivity contribution >= 4 is 0 Å². The van der Waals surface area contributed by atoms with E-state index in [4.69, 9.17) is 4.74 Å². The van der Waals surface area contributed by atoms with Gasteiger partial charge < -0.3 is 4.74 Å². The van der Waals surface area contributed by atoms with E-state index >= 15 is 0 Å². The maximum Gasteiger partial charge on any atom is 0.213 e. The Morgan fingerprint density at radius 2 is 1.94 bits per heavy atom. The summed E-state index contributed by atoms with van der Waals surface area (Å²) in [5.74, 6) is 0.611. The molecule has 0 atom stereocenters. The third-order valence-electron chi connectivity index (χ3n) is 2.83. The van der Waals surface area contributed by atoms with Gasteiger partial charge in [0.2, 0.25) is 5.88 Å². The molecular formula is C14H19N3O. The molecule has 0 spiro atoms. The molecule has 2 aromatic heterocycles. The number of aryl methyl sites for hydroxylation is 1. The van der Waals surface area contributed by atoms with Gasteiger partial charge >= 0.3 is 0 Å². The van der Waals surface area contributed by atoms with Gasteiger partial charge in [0.15, 0.2) is 0 Å². The summed E-state index contributed by atoms with van der Waals surface area (Å²) in [6.07, 6.45) is 1.77. The summed E-state index contributed by atoms with van der Waals surface area (Å²) in [5, 5.41) is 4.64. The van der Waals surface area contributed by atoms with Crippen molar-refractivity contribution in [3.05, 3.63) is 35.8 Å². The molecule has 0 aliphatic rings. The molecule has 96 valence electrons. The molecule has 2 heterocycles. The zero-order chi connectivity index (χ0) is 13.3. The lowest BCUT2D eigenvalue weighted by atomic mass is 9.92. The molecule has 0 saturated heterocycles. The van der Waals surface area contributed by atoms with Crippen LogP contribution in [-0.2, 0) is 5.41 Å². The van der Waals surface area contributed by atoms with Crippen LogP contribution in [-0.4, -0.2) is 21.9 Å². The van der Waals surface area contributed by atoms with Crippen LogP contribution in [0.25, 0.3) is 5.69 Å². The molecule has 2 aromatic rings. The van der Waals surface area contributed by atoms with Gasteiger partial charge in [-0.2, -0.15) is 5.10 Å². The van der Waals surface area contributed by atoms with Crippen LogP contribution in [0.2, 0.25) is 0 Å². The van der Waals surface area contributed by atoms with Crippen molar-refractivity contribution in [2.75, 3.05) is 7.11 Å². The zero-order valence-corrected chi connectivity index (χ0v) is 11.6. The van der Waals surface area contributed by atoms with Gasteiger partial charge in [-0.1, -0.05) is 20.8 Å². The maximum atomic E-state index is 5.05. The van der Waals surface area contributed by atoms with Gasteiger partial charge in [-0.25, -0.2) is 9.67 Å². The predicted molar refractivity (Wildman–Crippen MR) is 71.3 cm³/mol. The summed E-state index contributed by atoms with van der Waals surface area (Å²) in [4.78, 5) is 4.20. The van der Waals surface area contributed by atoms with Crippen LogP contribution >= 0.6 is 0 Å². The summed E-state index contributed by atoms with van der Waals surface area (Å²) in [6, 6.07) is 5.91. The Kier molecular flexibility index (Phi) is 3.11. The van der Waals surface area contributed by atoms with Gasteiger partial charge in [0.25, 0.3) is 0 Å². The molecule has 0 aliphatic carbocycles. The summed E-state index contributed by atoms with van der Waals surface area (Å²) in [6.45, 7) is 8.52. The molecule has 4 heteroatoms. The first kappa shape index (κ1) is 12.6. The molecule has 0 radical (unpaired) electrons. The molecule has 0 bridgehead atoms. The number of aromatic nitrogens is 3.